The first-order valence-corrected chi connectivity index (χ1v) is 12.5. The van der Waals surface area contributed by atoms with Crippen LogP contribution in [0, 0.1) is 12.8 Å². The van der Waals surface area contributed by atoms with E-state index in [0.29, 0.717) is 5.92 Å². The summed E-state index contributed by atoms with van der Waals surface area (Å²) >= 11 is 1.68. The maximum atomic E-state index is 5.34. The molecule has 0 saturated carbocycles. The van der Waals surface area contributed by atoms with Crippen molar-refractivity contribution in [2.75, 3.05) is 12.4 Å². The Morgan fingerprint density at radius 3 is 2.29 bits per heavy atom. The number of hydrogen-bond donors (Lipinski definition) is 1. The number of nitrogens with one attached hydrogen (secondary N) is 1. The van der Waals surface area contributed by atoms with Gasteiger partial charge in [0.1, 0.15) is 5.75 Å². The highest BCUT2D eigenvalue weighted by Gasteiger charge is 2.44. The van der Waals surface area contributed by atoms with Crippen LogP contribution in [0.3, 0.4) is 0 Å². The maximum absolute atomic E-state index is 5.34. The van der Waals surface area contributed by atoms with Crippen LogP contribution in [0.15, 0.2) is 84.1 Å². The van der Waals surface area contributed by atoms with Crippen LogP contribution in [-0.4, -0.2) is 17.1 Å². The lowest BCUT2D eigenvalue weighted by Gasteiger charge is -2.46. The molecule has 1 N–H and O–H groups in total. The molecule has 172 valence electrons. The second kappa shape index (κ2) is 9.07. The highest BCUT2D eigenvalue weighted by molar-refractivity contribution is 7.09. The minimum atomic E-state index is -0.0180. The van der Waals surface area contributed by atoms with E-state index >= 15 is 0 Å². The molecule has 5 rings (SSSR count). The summed E-state index contributed by atoms with van der Waals surface area (Å²) in [4.78, 5) is 8.90. The van der Waals surface area contributed by atoms with Crippen LogP contribution >= 0.6 is 11.3 Å². The first kappa shape index (κ1) is 22.4. The average Bonchev–Trinajstić information content (AvgIpc) is 3.29. The topological polar surface area (TPSA) is 47.0 Å². The molecule has 34 heavy (non-hydrogen) atoms. The van der Waals surface area contributed by atoms with E-state index in [1.54, 1.807) is 24.6 Å². The third-order valence-electron chi connectivity index (χ3n) is 6.86. The number of allylic oxidation sites excluding steroid dienone is 2. The molecule has 2 aromatic carbocycles. The monoisotopic (exact) mass is 467 g/mol. The van der Waals surface area contributed by atoms with Gasteiger partial charge in [0.25, 0.3) is 0 Å². The number of anilines is 1. The number of hydrogen-bond acceptors (Lipinski definition) is 5. The maximum Gasteiger partial charge on any atom is 0.137 e. The van der Waals surface area contributed by atoms with Gasteiger partial charge in [-0.05, 0) is 48.6 Å². The lowest BCUT2D eigenvalue weighted by molar-refractivity contribution is 0.333. The zero-order chi connectivity index (χ0) is 23.7. The van der Waals surface area contributed by atoms with E-state index in [4.69, 9.17) is 4.74 Å². The van der Waals surface area contributed by atoms with Crippen LogP contribution in [0.4, 0.5) is 5.69 Å². The fourth-order valence-electron chi connectivity index (χ4n) is 4.76. The summed E-state index contributed by atoms with van der Waals surface area (Å²) in [5.74, 6) is 1.23. The van der Waals surface area contributed by atoms with Gasteiger partial charge in [-0.15, -0.1) is 11.3 Å². The van der Waals surface area contributed by atoms with Crippen LogP contribution in [0.25, 0.3) is 22.4 Å². The van der Waals surface area contributed by atoms with E-state index < -0.39 is 0 Å². The number of nitrogens with zero attached hydrogens (tertiary/aromatic N) is 2. The molecule has 0 fully saturated rings. The lowest BCUT2D eigenvalue weighted by Crippen LogP contribution is -2.42. The fourth-order valence-corrected chi connectivity index (χ4v) is 5.39. The van der Waals surface area contributed by atoms with Gasteiger partial charge in [-0.1, -0.05) is 56.3 Å². The van der Waals surface area contributed by atoms with Crippen molar-refractivity contribution in [1.82, 2.24) is 9.97 Å². The molecule has 5 heteroatoms. The van der Waals surface area contributed by atoms with E-state index in [1.165, 1.54) is 11.3 Å². The van der Waals surface area contributed by atoms with Gasteiger partial charge < -0.3 is 10.1 Å². The average molecular weight is 468 g/mol. The van der Waals surface area contributed by atoms with Crippen molar-refractivity contribution >= 4 is 17.0 Å². The summed E-state index contributed by atoms with van der Waals surface area (Å²) in [6, 6.07) is 19.5. The highest BCUT2D eigenvalue weighted by atomic mass is 32.1. The summed E-state index contributed by atoms with van der Waals surface area (Å²) < 4.78 is 5.34. The van der Waals surface area contributed by atoms with Gasteiger partial charge in [0.15, 0.2) is 0 Å². The molecule has 1 aliphatic carbocycles. The van der Waals surface area contributed by atoms with Crippen molar-refractivity contribution in [3.8, 4) is 28.1 Å². The first-order chi connectivity index (χ1) is 16.5. The largest absolute Gasteiger partial charge is 0.495 e. The number of thiazole rings is 1. The number of pyridine rings is 1. The van der Waals surface area contributed by atoms with Gasteiger partial charge in [-0.2, -0.15) is 0 Å². The molecule has 4 aromatic rings. The molecule has 0 aliphatic heterocycles. The summed E-state index contributed by atoms with van der Waals surface area (Å²) in [5, 5.41) is 6.91. The molecule has 0 radical (unpaired) electrons. The molecule has 2 heterocycles. The standard InChI is InChI=1S/C29H29N3OS/c1-19(2)29(24-9-5-21(6-10-24)23-15-26(33-4)17-30-16-23)14-13-28(29)32-25-11-7-22(8-12-25)27-18-34-20(3)31-27/h5-13,15-19,32H,14H2,1-4H3. The van der Waals surface area contributed by atoms with Gasteiger partial charge in [0, 0.05) is 39.5 Å². The van der Waals surface area contributed by atoms with Gasteiger partial charge in [-0.3, -0.25) is 4.98 Å². The van der Waals surface area contributed by atoms with Gasteiger partial charge >= 0.3 is 0 Å². The number of methoxy groups -OCH3 is 1. The molecular weight excluding hydrogens is 438 g/mol. The van der Waals surface area contributed by atoms with Gasteiger partial charge in [-0.25, -0.2) is 4.98 Å². The fraction of sp³-hybridized carbons (Fsp3) is 0.241. The second-order valence-corrected chi connectivity index (χ2v) is 10.2. The Hall–Kier alpha value is -3.44. The van der Waals surface area contributed by atoms with Crippen molar-refractivity contribution in [2.24, 2.45) is 5.92 Å². The summed E-state index contributed by atoms with van der Waals surface area (Å²) in [5.41, 5.74) is 8.08. The van der Waals surface area contributed by atoms with E-state index in [9.17, 15) is 0 Å². The van der Waals surface area contributed by atoms with Crippen LogP contribution in [0.2, 0.25) is 0 Å². The van der Waals surface area contributed by atoms with Crippen molar-refractivity contribution in [3.63, 3.8) is 0 Å². The molecule has 4 nitrogen and oxygen atoms in total. The normalized spacial score (nSPS) is 17.3. The van der Waals surface area contributed by atoms with E-state index in [-0.39, 0.29) is 5.41 Å². The number of aryl methyl sites for hydroxylation is 1. The lowest BCUT2D eigenvalue weighted by atomic mass is 9.61. The number of ether oxygens (including phenoxy) is 1. The third kappa shape index (κ3) is 4.01. The Kier molecular flexibility index (Phi) is 5.96. The van der Waals surface area contributed by atoms with E-state index in [0.717, 1.165) is 45.2 Å². The van der Waals surface area contributed by atoms with E-state index in [2.05, 4.69) is 89.1 Å². The van der Waals surface area contributed by atoms with Crippen LogP contribution in [0.1, 0.15) is 30.8 Å². The van der Waals surface area contributed by atoms with Crippen molar-refractivity contribution in [1.29, 1.82) is 0 Å². The molecule has 0 spiro atoms. The third-order valence-corrected chi connectivity index (χ3v) is 7.63. The van der Waals surface area contributed by atoms with Crippen molar-refractivity contribution < 1.29 is 4.74 Å². The minimum Gasteiger partial charge on any atom is -0.495 e. The molecule has 1 aliphatic rings. The minimum absolute atomic E-state index is 0.0180. The SMILES string of the molecule is COc1cncc(-c2ccc(C3(C(C)C)CC=C3Nc3ccc(-c4csc(C)n4)cc3)cc2)c1. The number of aromatic nitrogens is 2. The van der Waals surface area contributed by atoms with E-state index in [1.807, 2.05) is 19.2 Å². The Labute approximate surface area is 205 Å². The molecule has 0 bridgehead atoms. The number of rotatable bonds is 7. The van der Waals surface area contributed by atoms with Crippen LogP contribution < -0.4 is 10.1 Å². The Balaban J connectivity index is 1.37. The molecule has 0 amide bonds. The molecule has 1 atom stereocenters. The quantitative estimate of drug-likeness (QED) is 0.306. The molecule has 2 aromatic heterocycles. The zero-order valence-electron chi connectivity index (χ0n) is 20.0. The Bertz CT molecular complexity index is 1320. The summed E-state index contributed by atoms with van der Waals surface area (Å²) in [6.07, 6.45) is 6.95. The Morgan fingerprint density at radius 2 is 1.71 bits per heavy atom. The highest BCUT2D eigenvalue weighted by Crippen LogP contribution is 2.49. The zero-order valence-corrected chi connectivity index (χ0v) is 20.8. The van der Waals surface area contributed by atoms with Crippen molar-refractivity contribution in [3.05, 3.63) is 94.7 Å². The predicted octanol–water partition coefficient (Wildman–Crippen LogP) is 7.48. The molecular formula is C29H29N3OS. The number of benzene rings is 2. The van der Waals surface area contributed by atoms with Crippen LogP contribution in [0.5, 0.6) is 5.75 Å². The summed E-state index contributed by atoms with van der Waals surface area (Å²) in [6.45, 7) is 6.66. The Morgan fingerprint density at radius 1 is 0.971 bits per heavy atom. The smallest absolute Gasteiger partial charge is 0.137 e. The van der Waals surface area contributed by atoms with Crippen LogP contribution in [-0.2, 0) is 5.41 Å². The second-order valence-electron chi connectivity index (χ2n) is 9.09. The van der Waals surface area contributed by atoms with Crippen molar-refractivity contribution in [2.45, 2.75) is 32.6 Å². The molecule has 1 unspecified atom stereocenters. The predicted molar refractivity (Wildman–Crippen MR) is 141 cm³/mol. The van der Waals surface area contributed by atoms with Gasteiger partial charge in [0.2, 0.25) is 0 Å². The summed E-state index contributed by atoms with van der Waals surface area (Å²) in [7, 11) is 1.67. The molecule has 0 saturated heterocycles. The van der Waals surface area contributed by atoms with Gasteiger partial charge in [0.05, 0.1) is 24.0 Å². The first-order valence-electron chi connectivity index (χ1n) is 11.6.